The molecule has 5 nitrogen and oxygen atoms in total. The molecule has 0 spiro atoms. The van der Waals surface area contributed by atoms with Crippen LogP contribution in [0.1, 0.15) is 32.1 Å². The summed E-state index contributed by atoms with van der Waals surface area (Å²) in [6.45, 7) is 4.01. The van der Waals surface area contributed by atoms with E-state index in [1.807, 2.05) is 0 Å². The fourth-order valence-corrected chi connectivity index (χ4v) is 1.92. The Morgan fingerprint density at radius 2 is 2.00 bits per heavy atom. The van der Waals surface area contributed by atoms with Crippen LogP contribution in [0.25, 0.3) is 0 Å². The van der Waals surface area contributed by atoms with Gasteiger partial charge < -0.3 is 15.7 Å². The highest BCUT2D eigenvalue weighted by molar-refractivity contribution is 5.86. The second-order valence-corrected chi connectivity index (χ2v) is 4.05. The van der Waals surface area contributed by atoms with Gasteiger partial charge in [-0.25, -0.2) is 9.59 Å². The van der Waals surface area contributed by atoms with Gasteiger partial charge in [-0.3, -0.25) is 0 Å². The van der Waals surface area contributed by atoms with Crippen LogP contribution in [-0.4, -0.2) is 29.2 Å². The van der Waals surface area contributed by atoms with E-state index in [4.69, 9.17) is 5.11 Å². The molecule has 0 heterocycles. The van der Waals surface area contributed by atoms with Crippen molar-refractivity contribution in [2.24, 2.45) is 0 Å². The summed E-state index contributed by atoms with van der Waals surface area (Å²) in [5.74, 6) is -0.941. The number of carboxylic acid groups (broad SMARTS) is 1. The van der Waals surface area contributed by atoms with Crippen LogP contribution in [0, 0.1) is 0 Å². The van der Waals surface area contributed by atoms with Gasteiger partial charge >= 0.3 is 12.0 Å². The molecule has 0 radical (unpaired) electrons. The van der Waals surface area contributed by atoms with Gasteiger partial charge in [0.25, 0.3) is 0 Å². The van der Waals surface area contributed by atoms with Crippen molar-refractivity contribution in [1.82, 2.24) is 10.6 Å². The first-order valence-electron chi connectivity index (χ1n) is 5.51. The Morgan fingerprint density at radius 1 is 1.38 bits per heavy atom. The zero-order valence-corrected chi connectivity index (χ0v) is 9.29. The lowest BCUT2D eigenvalue weighted by Gasteiger charge is -2.25. The first-order valence-corrected chi connectivity index (χ1v) is 5.51. The Balaban J connectivity index is 2.46. The van der Waals surface area contributed by atoms with E-state index in [-0.39, 0.29) is 0 Å². The number of carbonyl (C=O) groups is 2. The molecule has 1 aliphatic carbocycles. The lowest BCUT2D eigenvalue weighted by Crippen LogP contribution is -2.55. The van der Waals surface area contributed by atoms with Crippen molar-refractivity contribution >= 4 is 12.0 Å². The highest BCUT2D eigenvalue weighted by Crippen LogP contribution is 2.29. The summed E-state index contributed by atoms with van der Waals surface area (Å²) in [6.07, 6.45) is 5.09. The Bertz CT molecular complexity index is 283. The van der Waals surface area contributed by atoms with Crippen LogP contribution in [0.2, 0.25) is 0 Å². The number of carbonyl (C=O) groups excluding carboxylic acids is 1. The van der Waals surface area contributed by atoms with Crippen molar-refractivity contribution in [1.29, 1.82) is 0 Å². The largest absolute Gasteiger partial charge is 0.480 e. The smallest absolute Gasteiger partial charge is 0.329 e. The van der Waals surface area contributed by atoms with Crippen molar-refractivity contribution in [2.45, 2.75) is 37.6 Å². The minimum absolute atomic E-state index is 0.411. The SMILES string of the molecule is C=CCCNC(=O)NC1(C(=O)O)CCCC1. The molecule has 3 N–H and O–H groups in total. The highest BCUT2D eigenvalue weighted by atomic mass is 16.4. The molecule has 1 rings (SSSR count). The van der Waals surface area contributed by atoms with Gasteiger partial charge in [0.15, 0.2) is 0 Å². The molecule has 1 fully saturated rings. The first kappa shape index (κ1) is 12.5. The van der Waals surface area contributed by atoms with Crippen LogP contribution in [-0.2, 0) is 4.79 Å². The van der Waals surface area contributed by atoms with Crippen molar-refractivity contribution in [3.63, 3.8) is 0 Å². The third-order valence-corrected chi connectivity index (χ3v) is 2.85. The molecule has 0 saturated heterocycles. The van der Waals surface area contributed by atoms with Gasteiger partial charge in [-0.05, 0) is 19.3 Å². The standard InChI is InChI=1S/C11H18N2O3/c1-2-3-8-12-10(16)13-11(9(14)15)6-4-5-7-11/h2H,1,3-8H2,(H,14,15)(H2,12,13,16). The summed E-state index contributed by atoms with van der Waals surface area (Å²) in [5, 5.41) is 14.3. The fraction of sp³-hybridized carbons (Fsp3) is 0.636. The highest BCUT2D eigenvalue weighted by Gasteiger charge is 2.42. The first-order chi connectivity index (χ1) is 7.60. The Hall–Kier alpha value is -1.52. The topological polar surface area (TPSA) is 78.4 Å². The molecule has 0 atom stereocenters. The average Bonchev–Trinajstić information content (AvgIpc) is 2.68. The van der Waals surface area contributed by atoms with E-state index in [1.165, 1.54) is 0 Å². The molecule has 16 heavy (non-hydrogen) atoms. The van der Waals surface area contributed by atoms with Gasteiger partial charge in [-0.15, -0.1) is 6.58 Å². The molecule has 0 aromatic rings. The predicted molar refractivity (Wildman–Crippen MR) is 60.2 cm³/mol. The lowest BCUT2D eigenvalue weighted by atomic mass is 9.98. The number of hydrogen-bond acceptors (Lipinski definition) is 2. The zero-order valence-electron chi connectivity index (χ0n) is 9.29. The van der Waals surface area contributed by atoms with Gasteiger partial charge in [-0.1, -0.05) is 18.9 Å². The van der Waals surface area contributed by atoms with Gasteiger partial charge in [0.1, 0.15) is 5.54 Å². The molecular weight excluding hydrogens is 208 g/mol. The summed E-state index contributed by atoms with van der Waals surface area (Å²) in [5.41, 5.74) is -1.06. The second-order valence-electron chi connectivity index (χ2n) is 4.05. The maximum absolute atomic E-state index is 11.5. The molecule has 0 aromatic carbocycles. The second kappa shape index (κ2) is 5.53. The normalized spacial score (nSPS) is 17.8. The number of nitrogens with one attached hydrogen (secondary N) is 2. The van der Waals surface area contributed by atoms with Crippen LogP contribution < -0.4 is 10.6 Å². The molecule has 1 aliphatic rings. The summed E-state index contributed by atoms with van der Waals surface area (Å²) < 4.78 is 0. The number of amides is 2. The zero-order chi connectivity index (χ0) is 12.0. The van der Waals surface area contributed by atoms with E-state index >= 15 is 0 Å². The van der Waals surface area contributed by atoms with Gasteiger partial charge in [0, 0.05) is 6.54 Å². The Kier molecular flexibility index (Phi) is 4.34. The summed E-state index contributed by atoms with van der Waals surface area (Å²) in [6, 6.07) is -0.411. The molecule has 0 aromatic heterocycles. The molecule has 5 heteroatoms. The minimum Gasteiger partial charge on any atom is -0.480 e. The quantitative estimate of drug-likeness (QED) is 0.488. The van der Waals surface area contributed by atoms with Crippen LogP contribution in [0.3, 0.4) is 0 Å². The lowest BCUT2D eigenvalue weighted by molar-refractivity contribution is -0.144. The average molecular weight is 226 g/mol. The summed E-state index contributed by atoms with van der Waals surface area (Å²) in [7, 11) is 0. The maximum atomic E-state index is 11.5. The van der Waals surface area contributed by atoms with E-state index in [0.29, 0.717) is 25.8 Å². The van der Waals surface area contributed by atoms with Crippen molar-refractivity contribution in [3.05, 3.63) is 12.7 Å². The predicted octanol–water partition coefficient (Wildman–Crippen LogP) is 1.26. The van der Waals surface area contributed by atoms with Crippen LogP contribution >= 0.6 is 0 Å². The number of hydrogen-bond donors (Lipinski definition) is 3. The molecular formula is C11H18N2O3. The Morgan fingerprint density at radius 3 is 2.50 bits per heavy atom. The van der Waals surface area contributed by atoms with E-state index < -0.39 is 17.5 Å². The molecule has 1 saturated carbocycles. The Labute approximate surface area is 94.9 Å². The molecule has 0 bridgehead atoms. The molecule has 0 aliphatic heterocycles. The summed E-state index contributed by atoms with van der Waals surface area (Å²) in [4.78, 5) is 22.6. The number of urea groups is 1. The third-order valence-electron chi connectivity index (χ3n) is 2.85. The molecule has 0 unspecified atom stereocenters. The number of carboxylic acids is 1. The fourth-order valence-electron chi connectivity index (χ4n) is 1.92. The van der Waals surface area contributed by atoms with Crippen LogP contribution in [0.5, 0.6) is 0 Å². The van der Waals surface area contributed by atoms with Gasteiger partial charge in [0.05, 0.1) is 0 Å². The van der Waals surface area contributed by atoms with E-state index in [0.717, 1.165) is 12.8 Å². The number of rotatable bonds is 5. The van der Waals surface area contributed by atoms with Crippen LogP contribution in [0.15, 0.2) is 12.7 Å². The van der Waals surface area contributed by atoms with Crippen molar-refractivity contribution in [3.8, 4) is 0 Å². The van der Waals surface area contributed by atoms with E-state index in [9.17, 15) is 9.59 Å². The number of aliphatic carboxylic acids is 1. The molecule has 90 valence electrons. The van der Waals surface area contributed by atoms with E-state index in [1.54, 1.807) is 6.08 Å². The van der Waals surface area contributed by atoms with Gasteiger partial charge in [-0.2, -0.15) is 0 Å². The summed E-state index contributed by atoms with van der Waals surface area (Å²) >= 11 is 0. The molecule has 2 amide bonds. The van der Waals surface area contributed by atoms with Crippen LogP contribution in [0.4, 0.5) is 4.79 Å². The van der Waals surface area contributed by atoms with Crippen molar-refractivity contribution < 1.29 is 14.7 Å². The minimum atomic E-state index is -1.06. The van der Waals surface area contributed by atoms with E-state index in [2.05, 4.69) is 17.2 Å². The maximum Gasteiger partial charge on any atom is 0.329 e. The van der Waals surface area contributed by atoms with Gasteiger partial charge in [0.2, 0.25) is 0 Å². The van der Waals surface area contributed by atoms with Crippen molar-refractivity contribution in [2.75, 3.05) is 6.54 Å². The third kappa shape index (κ3) is 2.98. The monoisotopic (exact) mass is 226 g/mol.